The van der Waals surface area contributed by atoms with Gasteiger partial charge < -0.3 is 15.2 Å². The number of rotatable bonds is 5. The molecule has 130 valence electrons. The molecular formula is C17H18N4O4. The molecule has 0 aliphatic rings. The number of carbonyl (C=O) groups excluding carboxylic acids is 2. The molecule has 0 fully saturated rings. The Morgan fingerprint density at radius 2 is 1.84 bits per heavy atom. The van der Waals surface area contributed by atoms with Crippen LogP contribution in [0.4, 0.5) is 11.5 Å². The zero-order chi connectivity index (χ0) is 18.4. The van der Waals surface area contributed by atoms with E-state index in [2.05, 4.69) is 19.6 Å². The number of ether oxygens (including phenoxy) is 2. The number of aryl methyl sites for hydroxylation is 1. The number of esters is 2. The lowest BCUT2D eigenvalue weighted by atomic mass is 10.3. The zero-order valence-corrected chi connectivity index (χ0v) is 14.1. The van der Waals surface area contributed by atoms with E-state index in [4.69, 9.17) is 5.73 Å². The van der Waals surface area contributed by atoms with Crippen LogP contribution in [0.25, 0.3) is 5.69 Å². The van der Waals surface area contributed by atoms with E-state index in [0.29, 0.717) is 11.4 Å². The van der Waals surface area contributed by atoms with Gasteiger partial charge in [0.2, 0.25) is 0 Å². The summed E-state index contributed by atoms with van der Waals surface area (Å²) in [5, 5.41) is 4.35. The predicted octanol–water partition coefficient (Wildman–Crippen LogP) is 1.74. The number of aromatic nitrogens is 2. The van der Waals surface area contributed by atoms with Crippen molar-refractivity contribution in [2.45, 2.75) is 6.92 Å². The van der Waals surface area contributed by atoms with E-state index < -0.39 is 11.9 Å². The minimum absolute atomic E-state index is 0.102. The Hall–Kier alpha value is -3.42. The van der Waals surface area contributed by atoms with E-state index in [9.17, 15) is 9.59 Å². The highest BCUT2D eigenvalue weighted by Crippen LogP contribution is 2.29. The van der Waals surface area contributed by atoms with Gasteiger partial charge in [-0.25, -0.2) is 19.3 Å². The van der Waals surface area contributed by atoms with Gasteiger partial charge in [0.25, 0.3) is 0 Å². The number of methoxy groups -OCH3 is 2. The first-order chi connectivity index (χ1) is 12.0. The molecule has 1 aromatic carbocycles. The summed E-state index contributed by atoms with van der Waals surface area (Å²) in [5.41, 5.74) is 7.63. The van der Waals surface area contributed by atoms with E-state index >= 15 is 0 Å². The molecule has 0 radical (unpaired) electrons. The fourth-order valence-electron chi connectivity index (χ4n) is 2.03. The van der Waals surface area contributed by atoms with Crippen molar-refractivity contribution in [3.8, 4) is 5.69 Å². The van der Waals surface area contributed by atoms with Crippen molar-refractivity contribution < 1.29 is 19.1 Å². The standard InChI is InChI=1S/C17H18N4O4/c1-11-15(16(18)21(20-11)12-7-5-4-6-8-12)19-13(17(23)25-3)9-10-14(22)24-2/h4-10H,18H2,1-3H3. The maximum absolute atomic E-state index is 11.9. The Labute approximate surface area is 144 Å². The van der Waals surface area contributed by atoms with Crippen LogP contribution in [0.15, 0.2) is 47.5 Å². The highest BCUT2D eigenvalue weighted by molar-refractivity contribution is 6.42. The average molecular weight is 342 g/mol. The number of hydrogen-bond acceptors (Lipinski definition) is 7. The molecule has 2 rings (SSSR count). The van der Waals surface area contributed by atoms with E-state index in [0.717, 1.165) is 11.8 Å². The summed E-state index contributed by atoms with van der Waals surface area (Å²) in [6.07, 6.45) is 2.28. The maximum atomic E-state index is 11.9. The molecule has 0 aliphatic carbocycles. The first-order valence-electron chi connectivity index (χ1n) is 7.31. The molecule has 0 saturated carbocycles. The van der Waals surface area contributed by atoms with E-state index in [1.165, 1.54) is 25.0 Å². The van der Waals surface area contributed by atoms with Gasteiger partial charge in [-0.2, -0.15) is 5.10 Å². The van der Waals surface area contributed by atoms with Gasteiger partial charge >= 0.3 is 11.9 Å². The highest BCUT2D eigenvalue weighted by atomic mass is 16.5. The summed E-state index contributed by atoms with van der Waals surface area (Å²) >= 11 is 0. The van der Waals surface area contributed by atoms with Crippen molar-refractivity contribution in [2.75, 3.05) is 20.0 Å². The van der Waals surface area contributed by atoms with Gasteiger partial charge in [-0.05, 0) is 25.1 Å². The summed E-state index contributed by atoms with van der Waals surface area (Å²) in [6.45, 7) is 1.72. The fourth-order valence-corrected chi connectivity index (χ4v) is 2.03. The minimum atomic E-state index is -0.716. The molecule has 0 bridgehead atoms. The van der Waals surface area contributed by atoms with Crippen molar-refractivity contribution >= 4 is 29.2 Å². The van der Waals surface area contributed by atoms with Gasteiger partial charge in [-0.15, -0.1) is 0 Å². The van der Waals surface area contributed by atoms with Crippen LogP contribution < -0.4 is 5.73 Å². The second kappa shape index (κ2) is 7.91. The molecule has 0 saturated heterocycles. The number of anilines is 1. The Morgan fingerprint density at radius 3 is 2.44 bits per heavy atom. The molecule has 0 amide bonds. The van der Waals surface area contributed by atoms with Crippen molar-refractivity contribution in [1.82, 2.24) is 9.78 Å². The minimum Gasteiger partial charge on any atom is -0.466 e. The number of para-hydroxylation sites is 1. The van der Waals surface area contributed by atoms with E-state index in [-0.39, 0.29) is 11.5 Å². The van der Waals surface area contributed by atoms with Gasteiger partial charge in [0.05, 0.1) is 25.6 Å². The van der Waals surface area contributed by atoms with Gasteiger partial charge in [0.1, 0.15) is 11.4 Å². The summed E-state index contributed by atoms with van der Waals surface area (Å²) in [6, 6.07) is 9.27. The molecule has 1 heterocycles. The lowest BCUT2D eigenvalue weighted by molar-refractivity contribution is -0.134. The number of hydrogen-bond donors (Lipinski definition) is 1. The van der Waals surface area contributed by atoms with E-state index in [1.54, 1.807) is 6.92 Å². The summed E-state index contributed by atoms with van der Waals surface area (Å²) in [5.74, 6) is -1.08. The molecule has 2 aromatic rings. The third kappa shape index (κ3) is 4.11. The number of nitrogens with zero attached hydrogens (tertiary/aromatic N) is 3. The zero-order valence-electron chi connectivity index (χ0n) is 14.1. The largest absolute Gasteiger partial charge is 0.466 e. The van der Waals surface area contributed by atoms with Crippen LogP contribution in [-0.2, 0) is 19.1 Å². The summed E-state index contributed by atoms with van der Waals surface area (Å²) < 4.78 is 10.7. The normalized spacial score (nSPS) is 11.6. The maximum Gasteiger partial charge on any atom is 0.356 e. The Morgan fingerprint density at radius 1 is 1.16 bits per heavy atom. The van der Waals surface area contributed by atoms with Crippen molar-refractivity contribution in [1.29, 1.82) is 0 Å². The molecule has 0 spiro atoms. The van der Waals surface area contributed by atoms with Crippen LogP contribution in [-0.4, -0.2) is 41.7 Å². The van der Waals surface area contributed by atoms with Crippen LogP contribution in [0.3, 0.4) is 0 Å². The monoisotopic (exact) mass is 342 g/mol. The molecule has 8 nitrogen and oxygen atoms in total. The Kier molecular flexibility index (Phi) is 5.67. The number of nitrogens with two attached hydrogens (primary N) is 1. The fraction of sp³-hybridized carbons (Fsp3) is 0.176. The Bertz CT molecular complexity index is 838. The molecule has 2 N–H and O–H groups in total. The summed E-state index contributed by atoms with van der Waals surface area (Å²) in [7, 11) is 2.45. The van der Waals surface area contributed by atoms with Gasteiger partial charge in [0.15, 0.2) is 5.82 Å². The van der Waals surface area contributed by atoms with E-state index in [1.807, 2.05) is 30.3 Å². The second-order valence-corrected chi connectivity index (χ2v) is 4.91. The lowest BCUT2D eigenvalue weighted by Crippen LogP contribution is -2.14. The molecule has 8 heteroatoms. The number of carbonyl (C=O) groups is 2. The quantitative estimate of drug-likeness (QED) is 0.503. The van der Waals surface area contributed by atoms with Crippen LogP contribution in [0.2, 0.25) is 0 Å². The van der Waals surface area contributed by atoms with Gasteiger partial charge in [-0.3, -0.25) is 0 Å². The average Bonchev–Trinajstić information content (AvgIpc) is 2.92. The lowest BCUT2D eigenvalue weighted by Gasteiger charge is -2.03. The Balaban J connectivity index is 2.49. The van der Waals surface area contributed by atoms with Crippen LogP contribution in [0.1, 0.15) is 5.69 Å². The third-order valence-corrected chi connectivity index (χ3v) is 3.27. The molecule has 0 unspecified atom stereocenters. The first-order valence-corrected chi connectivity index (χ1v) is 7.31. The molecule has 0 aliphatic heterocycles. The van der Waals surface area contributed by atoms with Crippen LogP contribution in [0.5, 0.6) is 0 Å². The summed E-state index contributed by atoms with van der Waals surface area (Å²) in [4.78, 5) is 27.4. The third-order valence-electron chi connectivity index (χ3n) is 3.27. The number of aliphatic imine (C=N–C) groups is 1. The first kappa shape index (κ1) is 17.9. The van der Waals surface area contributed by atoms with Gasteiger partial charge in [-0.1, -0.05) is 18.2 Å². The van der Waals surface area contributed by atoms with Crippen LogP contribution >= 0.6 is 0 Å². The van der Waals surface area contributed by atoms with Crippen LogP contribution in [0, 0.1) is 6.92 Å². The smallest absolute Gasteiger partial charge is 0.356 e. The SMILES string of the molecule is COC(=O)C=CC(=Nc1c(C)nn(-c2ccccc2)c1N)C(=O)OC. The molecular weight excluding hydrogens is 324 g/mol. The van der Waals surface area contributed by atoms with Gasteiger partial charge in [0, 0.05) is 6.08 Å². The highest BCUT2D eigenvalue weighted by Gasteiger charge is 2.16. The van der Waals surface area contributed by atoms with Crippen molar-refractivity contribution in [3.05, 3.63) is 48.2 Å². The van der Waals surface area contributed by atoms with Crippen molar-refractivity contribution in [3.63, 3.8) is 0 Å². The second-order valence-electron chi connectivity index (χ2n) is 4.91. The van der Waals surface area contributed by atoms with Crippen molar-refractivity contribution in [2.24, 2.45) is 4.99 Å². The molecule has 25 heavy (non-hydrogen) atoms. The molecule has 0 atom stereocenters. The predicted molar refractivity (Wildman–Crippen MR) is 93.0 cm³/mol. The molecule has 1 aromatic heterocycles. The number of nitrogen functional groups attached to an aromatic ring is 1. The topological polar surface area (TPSA) is 109 Å². The number of benzene rings is 1.